The van der Waals surface area contributed by atoms with E-state index in [4.69, 9.17) is 21.1 Å². The summed E-state index contributed by atoms with van der Waals surface area (Å²) in [5.74, 6) is 0.575. The topological polar surface area (TPSA) is 30.5 Å². The van der Waals surface area contributed by atoms with E-state index in [0.717, 1.165) is 57.2 Å². The molecule has 3 nitrogen and oxygen atoms in total. The average Bonchev–Trinajstić information content (AvgIpc) is 2.48. The molecule has 120 valence electrons. The van der Waals surface area contributed by atoms with Crippen LogP contribution in [0.1, 0.15) is 25.3 Å². The van der Waals surface area contributed by atoms with Gasteiger partial charge >= 0.3 is 0 Å². The lowest BCUT2D eigenvalue weighted by atomic mass is 9.96. The standard InChI is InChI=1S/C17H28ClNO2/c1-3-19-14-16(8-11-21-10-5-9-20-2)12-15-6-4-7-17(18)13-15/h4,6-7,13,16,19H,3,5,8-12,14H2,1-2H3. The maximum Gasteiger partial charge on any atom is 0.0487 e. The van der Waals surface area contributed by atoms with E-state index in [9.17, 15) is 0 Å². The van der Waals surface area contributed by atoms with Crippen LogP contribution in [0.3, 0.4) is 0 Å². The minimum absolute atomic E-state index is 0.575. The predicted octanol–water partition coefficient (Wildman–Crippen LogP) is 3.55. The molecule has 0 spiro atoms. The number of ether oxygens (including phenoxy) is 2. The van der Waals surface area contributed by atoms with Crippen molar-refractivity contribution < 1.29 is 9.47 Å². The van der Waals surface area contributed by atoms with Gasteiger partial charge in [-0.25, -0.2) is 0 Å². The highest BCUT2D eigenvalue weighted by atomic mass is 35.5. The first-order valence-corrected chi connectivity index (χ1v) is 8.16. The van der Waals surface area contributed by atoms with Crippen LogP contribution in [-0.2, 0) is 15.9 Å². The molecular weight excluding hydrogens is 286 g/mol. The van der Waals surface area contributed by atoms with Crippen LogP contribution in [0.25, 0.3) is 0 Å². The van der Waals surface area contributed by atoms with Gasteiger partial charge in [-0.3, -0.25) is 0 Å². The van der Waals surface area contributed by atoms with E-state index >= 15 is 0 Å². The van der Waals surface area contributed by atoms with Gasteiger partial charge in [0.05, 0.1) is 0 Å². The quantitative estimate of drug-likeness (QED) is 0.599. The third kappa shape index (κ3) is 9.10. The van der Waals surface area contributed by atoms with Crippen molar-refractivity contribution in [2.75, 3.05) is 40.0 Å². The van der Waals surface area contributed by atoms with Crippen molar-refractivity contribution in [2.45, 2.75) is 26.2 Å². The smallest absolute Gasteiger partial charge is 0.0487 e. The molecule has 0 heterocycles. The van der Waals surface area contributed by atoms with E-state index in [1.54, 1.807) is 7.11 Å². The van der Waals surface area contributed by atoms with E-state index < -0.39 is 0 Å². The summed E-state index contributed by atoms with van der Waals surface area (Å²) in [5, 5.41) is 4.25. The zero-order valence-electron chi connectivity index (χ0n) is 13.2. The van der Waals surface area contributed by atoms with E-state index in [1.807, 2.05) is 12.1 Å². The summed E-state index contributed by atoms with van der Waals surface area (Å²) in [5.41, 5.74) is 1.30. The van der Waals surface area contributed by atoms with Crippen molar-refractivity contribution in [3.8, 4) is 0 Å². The zero-order valence-corrected chi connectivity index (χ0v) is 14.0. The highest BCUT2D eigenvalue weighted by Gasteiger charge is 2.10. The molecule has 0 bridgehead atoms. The predicted molar refractivity (Wildman–Crippen MR) is 89.1 cm³/mol. The van der Waals surface area contributed by atoms with Crippen molar-refractivity contribution in [2.24, 2.45) is 5.92 Å². The second kappa shape index (κ2) is 12.0. The molecule has 1 aromatic carbocycles. The summed E-state index contributed by atoms with van der Waals surface area (Å²) in [6.45, 7) is 6.51. The van der Waals surface area contributed by atoms with E-state index in [2.05, 4.69) is 24.4 Å². The maximum atomic E-state index is 6.06. The van der Waals surface area contributed by atoms with Crippen LogP contribution >= 0.6 is 11.6 Å². The Morgan fingerprint density at radius 2 is 2.10 bits per heavy atom. The summed E-state index contributed by atoms with van der Waals surface area (Å²) in [4.78, 5) is 0. The average molecular weight is 314 g/mol. The molecule has 0 aromatic heterocycles. The molecule has 0 aliphatic heterocycles. The first-order valence-electron chi connectivity index (χ1n) is 7.78. The molecular formula is C17H28ClNO2. The molecule has 0 saturated heterocycles. The number of nitrogens with one attached hydrogen (secondary N) is 1. The molecule has 1 unspecified atom stereocenters. The van der Waals surface area contributed by atoms with Crippen molar-refractivity contribution in [3.63, 3.8) is 0 Å². The Kier molecular flexibility index (Phi) is 10.5. The summed E-state index contributed by atoms with van der Waals surface area (Å²) in [7, 11) is 1.72. The molecule has 0 saturated carbocycles. The van der Waals surface area contributed by atoms with Gasteiger partial charge in [-0.05, 0) is 56.0 Å². The molecule has 4 heteroatoms. The molecule has 21 heavy (non-hydrogen) atoms. The molecule has 1 atom stereocenters. The number of benzene rings is 1. The molecule has 1 aromatic rings. The Labute approximate surface area is 134 Å². The summed E-state index contributed by atoms with van der Waals surface area (Å²) in [6, 6.07) is 8.14. The van der Waals surface area contributed by atoms with E-state index in [-0.39, 0.29) is 0 Å². The van der Waals surface area contributed by atoms with Crippen LogP contribution in [-0.4, -0.2) is 40.0 Å². The first-order chi connectivity index (χ1) is 10.3. The van der Waals surface area contributed by atoms with Crippen LogP contribution in [0.4, 0.5) is 0 Å². The van der Waals surface area contributed by atoms with Crippen molar-refractivity contribution >= 4 is 11.6 Å². The lowest BCUT2D eigenvalue weighted by Gasteiger charge is -2.17. The number of hydrogen-bond acceptors (Lipinski definition) is 3. The van der Waals surface area contributed by atoms with Gasteiger partial charge in [0, 0.05) is 32.0 Å². The van der Waals surface area contributed by atoms with Gasteiger partial charge in [-0.1, -0.05) is 30.7 Å². The van der Waals surface area contributed by atoms with Gasteiger partial charge in [0.15, 0.2) is 0 Å². The fraction of sp³-hybridized carbons (Fsp3) is 0.647. The first kappa shape index (κ1) is 18.4. The van der Waals surface area contributed by atoms with Crippen molar-refractivity contribution in [3.05, 3.63) is 34.9 Å². The molecule has 0 amide bonds. The Morgan fingerprint density at radius 1 is 1.24 bits per heavy atom. The number of methoxy groups -OCH3 is 1. The van der Waals surface area contributed by atoms with Gasteiger partial charge in [-0.2, -0.15) is 0 Å². The van der Waals surface area contributed by atoms with Crippen LogP contribution in [0.5, 0.6) is 0 Å². The second-order valence-corrected chi connectivity index (χ2v) is 5.69. The van der Waals surface area contributed by atoms with Crippen LogP contribution in [0.15, 0.2) is 24.3 Å². The third-order valence-electron chi connectivity index (χ3n) is 3.40. The number of hydrogen-bond donors (Lipinski definition) is 1. The van der Waals surface area contributed by atoms with Crippen LogP contribution < -0.4 is 5.32 Å². The summed E-state index contributed by atoms with van der Waals surface area (Å²) >= 11 is 6.06. The molecule has 0 radical (unpaired) electrons. The highest BCUT2D eigenvalue weighted by molar-refractivity contribution is 6.30. The van der Waals surface area contributed by atoms with Gasteiger partial charge in [0.2, 0.25) is 0 Å². The van der Waals surface area contributed by atoms with Gasteiger partial charge < -0.3 is 14.8 Å². The van der Waals surface area contributed by atoms with E-state index in [1.165, 1.54) is 5.56 Å². The van der Waals surface area contributed by atoms with Gasteiger partial charge in [0.25, 0.3) is 0 Å². The Morgan fingerprint density at radius 3 is 2.81 bits per heavy atom. The monoisotopic (exact) mass is 313 g/mol. The molecule has 0 aliphatic rings. The summed E-state index contributed by atoms with van der Waals surface area (Å²) < 4.78 is 10.7. The van der Waals surface area contributed by atoms with Crippen LogP contribution in [0, 0.1) is 5.92 Å². The SMILES string of the molecule is CCNCC(CCOCCCOC)Cc1cccc(Cl)c1. The third-order valence-corrected chi connectivity index (χ3v) is 3.64. The van der Waals surface area contributed by atoms with Crippen molar-refractivity contribution in [1.29, 1.82) is 0 Å². The molecule has 0 fully saturated rings. The fourth-order valence-electron chi connectivity index (χ4n) is 2.28. The second-order valence-electron chi connectivity index (χ2n) is 5.26. The minimum Gasteiger partial charge on any atom is -0.385 e. The van der Waals surface area contributed by atoms with Gasteiger partial charge in [-0.15, -0.1) is 0 Å². The molecule has 0 aliphatic carbocycles. The summed E-state index contributed by atoms with van der Waals surface area (Å²) in [6.07, 6.45) is 3.06. The normalized spacial score (nSPS) is 12.5. The number of rotatable bonds is 12. The fourth-order valence-corrected chi connectivity index (χ4v) is 2.49. The lowest BCUT2D eigenvalue weighted by molar-refractivity contribution is 0.0936. The largest absolute Gasteiger partial charge is 0.385 e. The Bertz CT molecular complexity index is 374. The van der Waals surface area contributed by atoms with Crippen LogP contribution in [0.2, 0.25) is 5.02 Å². The Balaban J connectivity index is 2.33. The lowest BCUT2D eigenvalue weighted by Crippen LogP contribution is -2.25. The molecule has 1 rings (SSSR count). The molecule has 1 N–H and O–H groups in total. The minimum atomic E-state index is 0.575. The highest BCUT2D eigenvalue weighted by Crippen LogP contribution is 2.16. The Hall–Kier alpha value is -0.610. The van der Waals surface area contributed by atoms with Crippen molar-refractivity contribution in [1.82, 2.24) is 5.32 Å². The van der Waals surface area contributed by atoms with Gasteiger partial charge in [0.1, 0.15) is 0 Å². The number of halogens is 1. The van der Waals surface area contributed by atoms with E-state index in [0.29, 0.717) is 5.92 Å². The maximum absolute atomic E-state index is 6.06. The zero-order chi connectivity index (χ0) is 15.3.